The Bertz CT molecular complexity index is 227. The summed E-state index contributed by atoms with van der Waals surface area (Å²) in [5.74, 6) is 0. The van der Waals surface area contributed by atoms with Gasteiger partial charge in [0.15, 0.2) is 0 Å². The molecule has 10 heavy (non-hydrogen) atoms. The molecule has 0 saturated carbocycles. The van der Waals surface area contributed by atoms with E-state index in [4.69, 9.17) is 11.6 Å². The van der Waals surface area contributed by atoms with Crippen molar-refractivity contribution in [2.24, 2.45) is 0 Å². The highest BCUT2D eigenvalue weighted by atomic mass is 79.9. The number of hydrogen-bond donors (Lipinski definition) is 0. The van der Waals surface area contributed by atoms with Crippen molar-refractivity contribution in [3.8, 4) is 0 Å². The number of halogens is 3. The van der Waals surface area contributed by atoms with Gasteiger partial charge in [-0.25, -0.2) is 0 Å². The lowest BCUT2D eigenvalue weighted by Crippen LogP contribution is -1.79. The third-order valence-corrected chi connectivity index (χ3v) is 1.81. The number of pyridine rings is 1. The number of aromatic nitrogens is 1. The fourth-order valence-corrected chi connectivity index (χ4v) is 1.11. The predicted octanol–water partition coefficient (Wildman–Crippen LogP) is 3.23. The second-order valence-corrected chi connectivity index (χ2v) is 3.04. The summed E-state index contributed by atoms with van der Waals surface area (Å²) in [6.45, 7) is 1.87. The van der Waals surface area contributed by atoms with E-state index in [1.54, 1.807) is 6.20 Å². The van der Waals surface area contributed by atoms with Crippen molar-refractivity contribution >= 4 is 39.9 Å². The molecule has 0 fully saturated rings. The summed E-state index contributed by atoms with van der Waals surface area (Å²) in [7, 11) is 0. The van der Waals surface area contributed by atoms with Gasteiger partial charge in [0.1, 0.15) is 0 Å². The largest absolute Gasteiger partial charge is 0.259 e. The zero-order chi connectivity index (χ0) is 6.85. The molecule has 0 aliphatic heterocycles. The van der Waals surface area contributed by atoms with Crippen LogP contribution in [0.5, 0.6) is 0 Å². The summed E-state index contributed by atoms with van der Waals surface area (Å²) in [5.41, 5.74) is 0.861. The van der Waals surface area contributed by atoms with E-state index in [-0.39, 0.29) is 12.4 Å². The molecule has 0 radical (unpaired) electrons. The molecule has 4 heteroatoms. The van der Waals surface area contributed by atoms with Gasteiger partial charge in [-0.3, -0.25) is 4.98 Å². The van der Waals surface area contributed by atoms with E-state index >= 15 is 0 Å². The van der Waals surface area contributed by atoms with E-state index in [0.29, 0.717) is 5.02 Å². The maximum atomic E-state index is 5.72. The number of rotatable bonds is 0. The van der Waals surface area contributed by atoms with Crippen molar-refractivity contribution in [1.29, 1.82) is 0 Å². The average molecular weight is 243 g/mol. The number of nitrogens with zero attached hydrogens (tertiary/aromatic N) is 1. The molecule has 1 rings (SSSR count). The Labute approximate surface area is 79.3 Å². The van der Waals surface area contributed by atoms with E-state index < -0.39 is 0 Å². The minimum Gasteiger partial charge on any atom is -0.259 e. The van der Waals surface area contributed by atoms with E-state index in [1.807, 2.05) is 13.0 Å². The highest BCUT2D eigenvalue weighted by molar-refractivity contribution is 9.10. The molecule has 1 nitrogen and oxygen atoms in total. The lowest BCUT2D eigenvalue weighted by molar-refractivity contribution is 1.19. The van der Waals surface area contributed by atoms with Gasteiger partial charge in [0, 0.05) is 10.7 Å². The standard InChI is InChI=1S/C6H5BrClN.ClH/c1-4-6(8)2-5(7)3-9-4;/h2-3H,1H3;1H. The molecular formula is C6H6BrCl2N. The summed E-state index contributed by atoms with van der Waals surface area (Å²) < 4.78 is 0.915. The highest BCUT2D eigenvalue weighted by Crippen LogP contribution is 2.17. The number of aryl methyl sites for hydroxylation is 1. The molecule has 0 aromatic carbocycles. The van der Waals surface area contributed by atoms with Crippen LogP contribution in [-0.4, -0.2) is 4.98 Å². The van der Waals surface area contributed by atoms with Crippen LogP contribution in [0.15, 0.2) is 16.7 Å². The maximum Gasteiger partial charge on any atom is 0.0629 e. The van der Waals surface area contributed by atoms with Crippen molar-refractivity contribution < 1.29 is 0 Å². The second kappa shape index (κ2) is 4.16. The molecule has 1 aromatic heterocycles. The van der Waals surface area contributed by atoms with E-state index in [0.717, 1.165) is 10.2 Å². The van der Waals surface area contributed by atoms with Crippen molar-refractivity contribution in [1.82, 2.24) is 4.98 Å². The van der Waals surface area contributed by atoms with E-state index in [1.165, 1.54) is 0 Å². The molecular weight excluding hydrogens is 237 g/mol. The Hall–Kier alpha value is 0.210. The summed E-state index contributed by atoms with van der Waals surface area (Å²) >= 11 is 8.97. The van der Waals surface area contributed by atoms with Crippen molar-refractivity contribution in [3.63, 3.8) is 0 Å². The van der Waals surface area contributed by atoms with Gasteiger partial charge in [-0.15, -0.1) is 12.4 Å². The quantitative estimate of drug-likeness (QED) is 0.681. The molecule has 0 aliphatic rings. The molecule has 0 atom stereocenters. The third-order valence-electron chi connectivity index (χ3n) is 0.992. The third kappa shape index (κ3) is 2.45. The smallest absolute Gasteiger partial charge is 0.0629 e. The zero-order valence-corrected chi connectivity index (χ0v) is 8.42. The molecule has 0 saturated heterocycles. The molecule has 0 N–H and O–H groups in total. The van der Waals surface area contributed by atoms with Crippen LogP contribution in [0.4, 0.5) is 0 Å². The molecule has 0 unspecified atom stereocenters. The molecule has 1 heterocycles. The summed E-state index contributed by atoms with van der Waals surface area (Å²) in [5, 5.41) is 0.698. The predicted molar refractivity (Wildman–Crippen MR) is 48.9 cm³/mol. The highest BCUT2D eigenvalue weighted by Gasteiger charge is 1.94. The van der Waals surface area contributed by atoms with Gasteiger partial charge in [0.2, 0.25) is 0 Å². The van der Waals surface area contributed by atoms with Crippen molar-refractivity contribution in [2.45, 2.75) is 6.92 Å². The Balaban J connectivity index is 0.000000810. The summed E-state index contributed by atoms with van der Waals surface area (Å²) in [4.78, 5) is 4.00. The first kappa shape index (κ1) is 10.2. The molecule has 0 amide bonds. The first-order chi connectivity index (χ1) is 4.20. The summed E-state index contributed by atoms with van der Waals surface area (Å²) in [6.07, 6.45) is 1.72. The molecule has 0 spiro atoms. The van der Waals surface area contributed by atoms with Crippen LogP contribution < -0.4 is 0 Å². The molecule has 0 bridgehead atoms. The summed E-state index contributed by atoms with van der Waals surface area (Å²) in [6, 6.07) is 1.82. The normalized spacial score (nSPS) is 8.70. The Morgan fingerprint density at radius 2 is 2.20 bits per heavy atom. The van der Waals surface area contributed by atoms with Crippen LogP contribution in [0.2, 0.25) is 5.02 Å². The minimum atomic E-state index is 0. The van der Waals surface area contributed by atoms with E-state index in [2.05, 4.69) is 20.9 Å². The maximum absolute atomic E-state index is 5.72. The molecule has 1 aromatic rings. The Morgan fingerprint density at radius 1 is 1.60 bits per heavy atom. The fourth-order valence-electron chi connectivity index (χ4n) is 0.483. The van der Waals surface area contributed by atoms with Gasteiger partial charge in [0.05, 0.1) is 10.7 Å². The lowest BCUT2D eigenvalue weighted by atomic mass is 10.4. The second-order valence-electron chi connectivity index (χ2n) is 1.72. The van der Waals surface area contributed by atoms with Crippen LogP contribution in [0, 0.1) is 6.92 Å². The Morgan fingerprint density at radius 3 is 2.60 bits per heavy atom. The van der Waals surface area contributed by atoms with Crippen molar-refractivity contribution in [3.05, 3.63) is 27.5 Å². The minimum absolute atomic E-state index is 0. The molecule has 56 valence electrons. The van der Waals surface area contributed by atoms with E-state index in [9.17, 15) is 0 Å². The van der Waals surface area contributed by atoms with Crippen LogP contribution in [0.3, 0.4) is 0 Å². The van der Waals surface area contributed by atoms with Crippen molar-refractivity contribution in [2.75, 3.05) is 0 Å². The zero-order valence-electron chi connectivity index (χ0n) is 5.27. The topological polar surface area (TPSA) is 12.9 Å². The monoisotopic (exact) mass is 241 g/mol. The molecule has 0 aliphatic carbocycles. The van der Waals surface area contributed by atoms with Gasteiger partial charge in [-0.1, -0.05) is 11.6 Å². The number of hydrogen-bond acceptors (Lipinski definition) is 1. The lowest BCUT2D eigenvalue weighted by Gasteiger charge is -1.94. The average Bonchev–Trinajstić information content (AvgIpc) is 1.80. The Kier molecular flexibility index (Phi) is 4.25. The first-order valence-electron chi connectivity index (χ1n) is 2.48. The van der Waals surface area contributed by atoms with Crippen LogP contribution in [0.1, 0.15) is 5.69 Å². The van der Waals surface area contributed by atoms with Gasteiger partial charge in [-0.05, 0) is 28.9 Å². The first-order valence-corrected chi connectivity index (χ1v) is 3.65. The van der Waals surface area contributed by atoms with Gasteiger partial charge < -0.3 is 0 Å². The SMILES string of the molecule is Cc1ncc(Br)cc1Cl.Cl. The van der Waals surface area contributed by atoms with Crippen LogP contribution >= 0.6 is 39.9 Å². The van der Waals surface area contributed by atoms with Gasteiger partial charge >= 0.3 is 0 Å². The van der Waals surface area contributed by atoms with Crippen LogP contribution in [0.25, 0.3) is 0 Å². The van der Waals surface area contributed by atoms with Gasteiger partial charge in [0.25, 0.3) is 0 Å². The van der Waals surface area contributed by atoms with Gasteiger partial charge in [-0.2, -0.15) is 0 Å². The van der Waals surface area contributed by atoms with Crippen LogP contribution in [-0.2, 0) is 0 Å². The fraction of sp³-hybridized carbons (Fsp3) is 0.167.